The number of nitrogens with two attached hydrogens (primary N) is 1. The van der Waals surface area contributed by atoms with Gasteiger partial charge in [-0.05, 0) is 18.6 Å². The molecule has 0 spiro atoms. The van der Waals surface area contributed by atoms with E-state index in [1.54, 1.807) is 0 Å². The largest absolute Gasteiger partial charge is 0.324 e. The van der Waals surface area contributed by atoms with Gasteiger partial charge in [0.2, 0.25) is 0 Å². The standard InChI is InChI=1S/C12H13N3OS/c1-8(13)9-4-2-3-5-10(9)17-12-14-7-6-11(16)15-12/h2-8H,13H2,1H3,(H,14,15,16)/t8-/m0/s1. The third-order valence-corrected chi connectivity index (χ3v) is 3.26. The average molecular weight is 247 g/mol. The summed E-state index contributed by atoms with van der Waals surface area (Å²) >= 11 is 1.41. The van der Waals surface area contributed by atoms with Gasteiger partial charge < -0.3 is 10.7 Å². The van der Waals surface area contributed by atoms with Crippen LogP contribution >= 0.6 is 11.8 Å². The number of H-pyrrole nitrogens is 1. The molecule has 1 aromatic heterocycles. The number of rotatable bonds is 3. The van der Waals surface area contributed by atoms with E-state index in [0.29, 0.717) is 5.16 Å². The number of hydrogen-bond acceptors (Lipinski definition) is 4. The van der Waals surface area contributed by atoms with Gasteiger partial charge in [-0.2, -0.15) is 0 Å². The summed E-state index contributed by atoms with van der Waals surface area (Å²) in [6.07, 6.45) is 1.50. The molecule has 0 saturated carbocycles. The Morgan fingerprint density at radius 2 is 2.12 bits per heavy atom. The first kappa shape index (κ1) is 11.9. The zero-order valence-electron chi connectivity index (χ0n) is 9.38. The van der Waals surface area contributed by atoms with E-state index in [1.165, 1.54) is 24.0 Å². The van der Waals surface area contributed by atoms with Crippen molar-refractivity contribution in [1.29, 1.82) is 0 Å². The number of aromatic amines is 1. The summed E-state index contributed by atoms with van der Waals surface area (Å²) in [4.78, 5) is 19.0. The number of nitrogens with one attached hydrogen (secondary N) is 1. The average Bonchev–Trinajstić information content (AvgIpc) is 2.29. The first-order valence-electron chi connectivity index (χ1n) is 5.24. The minimum Gasteiger partial charge on any atom is -0.324 e. The van der Waals surface area contributed by atoms with E-state index in [9.17, 15) is 4.79 Å². The van der Waals surface area contributed by atoms with Crippen LogP contribution in [0.15, 0.2) is 51.4 Å². The summed E-state index contributed by atoms with van der Waals surface area (Å²) in [5.41, 5.74) is 6.79. The fraction of sp³-hybridized carbons (Fsp3) is 0.167. The number of benzene rings is 1. The van der Waals surface area contributed by atoms with Gasteiger partial charge in [0.05, 0.1) is 0 Å². The highest BCUT2D eigenvalue weighted by atomic mass is 32.2. The molecule has 3 N–H and O–H groups in total. The van der Waals surface area contributed by atoms with E-state index in [-0.39, 0.29) is 11.6 Å². The van der Waals surface area contributed by atoms with Gasteiger partial charge in [-0.25, -0.2) is 4.98 Å². The topological polar surface area (TPSA) is 71.8 Å². The molecule has 0 aliphatic rings. The molecule has 1 atom stereocenters. The second-order valence-corrected chi connectivity index (χ2v) is 4.70. The van der Waals surface area contributed by atoms with Gasteiger partial charge in [0, 0.05) is 23.2 Å². The zero-order valence-corrected chi connectivity index (χ0v) is 10.2. The smallest absolute Gasteiger partial charge is 0.251 e. The van der Waals surface area contributed by atoms with Crippen LogP contribution in [0.3, 0.4) is 0 Å². The zero-order chi connectivity index (χ0) is 12.3. The lowest BCUT2D eigenvalue weighted by molar-refractivity contribution is 0.796. The van der Waals surface area contributed by atoms with E-state index in [4.69, 9.17) is 5.73 Å². The van der Waals surface area contributed by atoms with Gasteiger partial charge in [-0.15, -0.1) is 0 Å². The van der Waals surface area contributed by atoms with Crippen molar-refractivity contribution in [1.82, 2.24) is 9.97 Å². The molecule has 88 valence electrons. The molecule has 0 aliphatic heterocycles. The summed E-state index contributed by atoms with van der Waals surface area (Å²) in [5.74, 6) is 0. The Morgan fingerprint density at radius 3 is 2.82 bits per heavy atom. The van der Waals surface area contributed by atoms with E-state index in [1.807, 2.05) is 31.2 Å². The lowest BCUT2D eigenvalue weighted by atomic mass is 10.1. The van der Waals surface area contributed by atoms with Gasteiger partial charge >= 0.3 is 0 Å². The first-order chi connectivity index (χ1) is 8.16. The fourth-order valence-corrected chi connectivity index (χ4v) is 2.45. The fourth-order valence-electron chi connectivity index (χ4n) is 1.46. The van der Waals surface area contributed by atoms with Crippen molar-refractivity contribution in [2.45, 2.75) is 23.0 Å². The molecule has 0 saturated heterocycles. The van der Waals surface area contributed by atoms with Crippen LogP contribution in [-0.2, 0) is 0 Å². The van der Waals surface area contributed by atoms with Gasteiger partial charge in [-0.1, -0.05) is 30.0 Å². The molecule has 0 aliphatic carbocycles. The molecular formula is C12H13N3OS. The number of aromatic nitrogens is 2. The van der Waals surface area contributed by atoms with Crippen LogP contribution in [0.25, 0.3) is 0 Å². The van der Waals surface area contributed by atoms with E-state index >= 15 is 0 Å². The van der Waals surface area contributed by atoms with Crippen LogP contribution in [0.5, 0.6) is 0 Å². The van der Waals surface area contributed by atoms with Crippen LogP contribution < -0.4 is 11.3 Å². The molecule has 4 nitrogen and oxygen atoms in total. The molecule has 0 bridgehead atoms. The third-order valence-electron chi connectivity index (χ3n) is 2.26. The van der Waals surface area contributed by atoms with Crippen LogP contribution in [0, 0.1) is 0 Å². The van der Waals surface area contributed by atoms with Crippen LogP contribution in [0.1, 0.15) is 18.5 Å². The maximum Gasteiger partial charge on any atom is 0.251 e. The van der Waals surface area contributed by atoms with Crippen molar-refractivity contribution in [2.24, 2.45) is 5.73 Å². The Morgan fingerprint density at radius 1 is 1.35 bits per heavy atom. The third kappa shape index (κ3) is 2.95. The van der Waals surface area contributed by atoms with Gasteiger partial charge in [-0.3, -0.25) is 4.79 Å². The lowest BCUT2D eigenvalue weighted by Gasteiger charge is -2.11. The van der Waals surface area contributed by atoms with Gasteiger partial charge in [0.15, 0.2) is 5.16 Å². The second-order valence-electron chi connectivity index (χ2n) is 3.67. The van der Waals surface area contributed by atoms with Crippen LogP contribution in [0.2, 0.25) is 0 Å². The van der Waals surface area contributed by atoms with Gasteiger partial charge in [0.1, 0.15) is 0 Å². The molecule has 1 heterocycles. The summed E-state index contributed by atoms with van der Waals surface area (Å²) in [7, 11) is 0. The summed E-state index contributed by atoms with van der Waals surface area (Å²) in [6, 6.07) is 9.18. The quantitative estimate of drug-likeness (QED) is 0.813. The monoisotopic (exact) mass is 247 g/mol. The maximum atomic E-state index is 11.2. The second kappa shape index (κ2) is 5.16. The highest BCUT2D eigenvalue weighted by molar-refractivity contribution is 7.99. The predicted octanol–water partition coefficient (Wildman–Crippen LogP) is 1.94. The lowest BCUT2D eigenvalue weighted by Crippen LogP contribution is -2.07. The molecule has 0 radical (unpaired) electrons. The Labute approximate surface area is 103 Å². The molecule has 5 heteroatoms. The molecule has 2 aromatic rings. The predicted molar refractivity (Wildman–Crippen MR) is 68.0 cm³/mol. The molecule has 1 aromatic carbocycles. The maximum absolute atomic E-state index is 11.2. The summed E-state index contributed by atoms with van der Waals surface area (Å²) in [5, 5.41) is 0.575. The van der Waals surface area contributed by atoms with Gasteiger partial charge in [0.25, 0.3) is 5.56 Å². The minimum atomic E-state index is -0.152. The van der Waals surface area contributed by atoms with Crippen LogP contribution in [0.4, 0.5) is 0 Å². The highest BCUT2D eigenvalue weighted by Crippen LogP contribution is 2.29. The normalized spacial score (nSPS) is 12.4. The van der Waals surface area contributed by atoms with Crippen molar-refractivity contribution in [3.63, 3.8) is 0 Å². The molecule has 17 heavy (non-hydrogen) atoms. The molecule has 2 rings (SSSR count). The molecule has 0 amide bonds. The molecular weight excluding hydrogens is 234 g/mol. The molecule has 0 fully saturated rings. The number of hydrogen-bond donors (Lipinski definition) is 2. The van der Waals surface area contributed by atoms with Crippen molar-refractivity contribution >= 4 is 11.8 Å². The van der Waals surface area contributed by atoms with E-state index in [0.717, 1.165) is 10.5 Å². The van der Waals surface area contributed by atoms with Crippen molar-refractivity contribution < 1.29 is 0 Å². The van der Waals surface area contributed by atoms with Crippen molar-refractivity contribution in [2.75, 3.05) is 0 Å². The molecule has 0 unspecified atom stereocenters. The Kier molecular flexibility index (Phi) is 3.61. The minimum absolute atomic E-state index is 0.0471. The van der Waals surface area contributed by atoms with Crippen molar-refractivity contribution in [3.8, 4) is 0 Å². The first-order valence-corrected chi connectivity index (χ1v) is 6.06. The summed E-state index contributed by atoms with van der Waals surface area (Å²) < 4.78 is 0. The number of nitrogens with zero attached hydrogens (tertiary/aromatic N) is 1. The van der Waals surface area contributed by atoms with Crippen LogP contribution in [-0.4, -0.2) is 9.97 Å². The SMILES string of the molecule is C[C@H](N)c1ccccc1Sc1nccc(=O)[nH]1. The highest BCUT2D eigenvalue weighted by Gasteiger charge is 2.08. The Balaban J connectivity index is 2.33. The van der Waals surface area contributed by atoms with Crippen molar-refractivity contribution in [3.05, 3.63) is 52.4 Å². The Bertz CT molecular complexity index is 565. The van der Waals surface area contributed by atoms with E-state index in [2.05, 4.69) is 9.97 Å². The van der Waals surface area contributed by atoms with E-state index < -0.39 is 0 Å². The Hall–Kier alpha value is -1.59. The summed E-state index contributed by atoms with van der Waals surface area (Å²) in [6.45, 7) is 1.93.